The Bertz CT molecular complexity index is 384. The quantitative estimate of drug-likeness (QED) is 0.753. The van der Waals surface area contributed by atoms with Crippen LogP contribution in [0.2, 0.25) is 0 Å². The molecular formula is C12H15NO3. The van der Waals surface area contributed by atoms with Gasteiger partial charge in [0.15, 0.2) is 0 Å². The first-order valence-corrected chi connectivity index (χ1v) is 4.93. The zero-order chi connectivity index (χ0) is 12.1. The average Bonchev–Trinajstić information content (AvgIpc) is 2.26. The van der Waals surface area contributed by atoms with Crippen LogP contribution in [0.3, 0.4) is 0 Å². The molecule has 4 heteroatoms. The average molecular weight is 221 g/mol. The summed E-state index contributed by atoms with van der Waals surface area (Å²) in [5.74, 6) is -0.102. The normalized spacial score (nSPS) is 9.88. The van der Waals surface area contributed by atoms with Gasteiger partial charge in [-0.25, -0.2) is 0 Å². The minimum Gasteiger partial charge on any atom is -0.508 e. The molecule has 0 unspecified atom stereocenters. The number of hydrogen-bond acceptors (Lipinski definition) is 3. The van der Waals surface area contributed by atoms with Crippen LogP contribution in [0.15, 0.2) is 36.4 Å². The Morgan fingerprint density at radius 2 is 1.94 bits per heavy atom. The fourth-order valence-electron chi connectivity index (χ4n) is 1.31. The zero-order valence-corrected chi connectivity index (χ0v) is 9.18. The van der Waals surface area contributed by atoms with Crippen molar-refractivity contribution >= 4 is 11.6 Å². The van der Waals surface area contributed by atoms with Crippen LogP contribution < -0.4 is 4.90 Å². The molecule has 0 spiro atoms. The van der Waals surface area contributed by atoms with E-state index in [0.29, 0.717) is 11.3 Å². The Labute approximate surface area is 94.4 Å². The molecule has 16 heavy (non-hydrogen) atoms. The second-order valence-corrected chi connectivity index (χ2v) is 3.48. The van der Waals surface area contributed by atoms with Crippen LogP contribution in [0.1, 0.15) is 6.92 Å². The highest BCUT2D eigenvalue weighted by atomic mass is 16.3. The van der Waals surface area contributed by atoms with Crippen molar-refractivity contribution in [2.75, 3.05) is 18.1 Å². The van der Waals surface area contributed by atoms with Crippen LogP contribution >= 0.6 is 0 Å². The molecule has 0 aliphatic carbocycles. The summed E-state index contributed by atoms with van der Waals surface area (Å²) in [6, 6.07) is 6.22. The number of aliphatic hydroxyl groups excluding tert-OH is 1. The molecule has 0 radical (unpaired) electrons. The molecular weight excluding hydrogens is 206 g/mol. The third-order valence-corrected chi connectivity index (χ3v) is 2.10. The number of hydrogen-bond donors (Lipinski definition) is 2. The van der Waals surface area contributed by atoms with Gasteiger partial charge in [-0.05, 0) is 31.2 Å². The van der Waals surface area contributed by atoms with Crippen LogP contribution in [0.5, 0.6) is 5.75 Å². The van der Waals surface area contributed by atoms with Crippen LogP contribution in [0.4, 0.5) is 5.69 Å². The van der Waals surface area contributed by atoms with Crippen LogP contribution in [0.25, 0.3) is 0 Å². The topological polar surface area (TPSA) is 60.8 Å². The molecule has 0 heterocycles. The minimum atomic E-state index is -0.236. The van der Waals surface area contributed by atoms with Gasteiger partial charge in [0.05, 0.1) is 6.61 Å². The van der Waals surface area contributed by atoms with Crippen LogP contribution in [0, 0.1) is 0 Å². The minimum absolute atomic E-state index is 0.125. The van der Waals surface area contributed by atoms with E-state index in [1.54, 1.807) is 19.1 Å². The van der Waals surface area contributed by atoms with Crippen molar-refractivity contribution in [1.29, 1.82) is 0 Å². The Hall–Kier alpha value is -1.81. The number of rotatable bonds is 4. The van der Waals surface area contributed by atoms with E-state index < -0.39 is 0 Å². The summed E-state index contributed by atoms with van der Waals surface area (Å²) in [6.07, 6.45) is 0. The Morgan fingerprint density at radius 1 is 1.38 bits per heavy atom. The van der Waals surface area contributed by atoms with E-state index in [4.69, 9.17) is 10.2 Å². The lowest BCUT2D eigenvalue weighted by Crippen LogP contribution is -2.33. The number of phenols is 1. The maximum atomic E-state index is 11.8. The van der Waals surface area contributed by atoms with E-state index in [-0.39, 0.29) is 24.8 Å². The Kier molecular flexibility index (Phi) is 4.08. The lowest BCUT2D eigenvalue weighted by atomic mass is 10.2. The van der Waals surface area contributed by atoms with Crippen molar-refractivity contribution in [3.63, 3.8) is 0 Å². The van der Waals surface area contributed by atoms with Crippen molar-refractivity contribution in [1.82, 2.24) is 0 Å². The second-order valence-electron chi connectivity index (χ2n) is 3.48. The predicted octanol–water partition coefficient (Wildman–Crippen LogP) is 1.29. The largest absolute Gasteiger partial charge is 0.508 e. The molecule has 0 bridgehead atoms. The first kappa shape index (κ1) is 12.3. The van der Waals surface area contributed by atoms with Gasteiger partial charge in [-0.3, -0.25) is 4.79 Å². The van der Waals surface area contributed by atoms with E-state index >= 15 is 0 Å². The Morgan fingerprint density at radius 3 is 2.38 bits per heavy atom. The number of carbonyl (C=O) groups excluding carboxylic acids is 1. The van der Waals surface area contributed by atoms with E-state index in [2.05, 4.69) is 6.58 Å². The second kappa shape index (κ2) is 5.32. The number of aromatic hydroxyl groups is 1. The van der Waals surface area contributed by atoms with Crippen molar-refractivity contribution in [3.05, 3.63) is 36.4 Å². The molecule has 0 aliphatic heterocycles. The smallest absolute Gasteiger partial charge is 0.253 e. The third-order valence-electron chi connectivity index (χ3n) is 2.10. The van der Waals surface area contributed by atoms with Gasteiger partial charge in [0.1, 0.15) is 5.75 Å². The summed E-state index contributed by atoms with van der Waals surface area (Å²) in [6.45, 7) is 5.28. The Balaban J connectivity index is 2.97. The summed E-state index contributed by atoms with van der Waals surface area (Å²) in [7, 11) is 0. The highest BCUT2D eigenvalue weighted by molar-refractivity contribution is 6.04. The summed E-state index contributed by atoms with van der Waals surface area (Å²) in [5, 5.41) is 18.1. The fourth-order valence-corrected chi connectivity index (χ4v) is 1.31. The molecule has 1 aromatic carbocycles. The van der Waals surface area contributed by atoms with Gasteiger partial charge in [-0.2, -0.15) is 0 Å². The number of anilines is 1. The number of amides is 1. The predicted molar refractivity (Wildman–Crippen MR) is 62.4 cm³/mol. The molecule has 0 saturated carbocycles. The van der Waals surface area contributed by atoms with E-state index in [1.165, 1.54) is 17.0 Å². The van der Waals surface area contributed by atoms with Crippen LogP contribution in [-0.4, -0.2) is 29.3 Å². The molecule has 0 fully saturated rings. The molecule has 0 saturated heterocycles. The highest BCUT2D eigenvalue weighted by Gasteiger charge is 2.15. The number of carbonyl (C=O) groups is 1. The van der Waals surface area contributed by atoms with Gasteiger partial charge in [0.25, 0.3) is 5.91 Å². The zero-order valence-electron chi connectivity index (χ0n) is 9.18. The molecule has 0 aromatic heterocycles. The molecule has 0 atom stereocenters. The molecule has 4 nitrogen and oxygen atoms in total. The molecule has 0 aliphatic rings. The van der Waals surface area contributed by atoms with Gasteiger partial charge in [-0.15, -0.1) is 0 Å². The SMILES string of the molecule is C=C(C)C(=O)N(CCO)c1ccc(O)cc1. The lowest BCUT2D eigenvalue weighted by Gasteiger charge is -2.21. The van der Waals surface area contributed by atoms with Gasteiger partial charge < -0.3 is 15.1 Å². The molecule has 1 aromatic rings. The standard InChI is InChI=1S/C12H15NO3/c1-9(2)12(16)13(7-8-14)10-3-5-11(15)6-4-10/h3-6,14-15H,1,7-8H2,2H3. The lowest BCUT2D eigenvalue weighted by molar-refractivity contribution is -0.115. The molecule has 86 valence electrons. The summed E-state index contributed by atoms with van der Waals surface area (Å²) >= 11 is 0. The number of aliphatic hydroxyl groups is 1. The van der Waals surface area contributed by atoms with Crippen LogP contribution in [-0.2, 0) is 4.79 Å². The number of benzene rings is 1. The van der Waals surface area contributed by atoms with Gasteiger partial charge in [0.2, 0.25) is 0 Å². The maximum Gasteiger partial charge on any atom is 0.253 e. The number of phenolic OH excluding ortho intramolecular Hbond substituents is 1. The molecule has 2 N–H and O–H groups in total. The van der Waals surface area contributed by atoms with Gasteiger partial charge in [0, 0.05) is 17.8 Å². The van der Waals surface area contributed by atoms with Crippen molar-refractivity contribution in [3.8, 4) is 5.75 Å². The number of nitrogens with zero attached hydrogens (tertiary/aromatic N) is 1. The van der Waals surface area contributed by atoms with Crippen molar-refractivity contribution in [2.24, 2.45) is 0 Å². The van der Waals surface area contributed by atoms with Crippen molar-refractivity contribution < 1.29 is 15.0 Å². The first-order valence-electron chi connectivity index (χ1n) is 4.93. The summed E-state index contributed by atoms with van der Waals surface area (Å²) in [4.78, 5) is 13.2. The first-order chi connectivity index (χ1) is 7.56. The highest BCUT2D eigenvalue weighted by Crippen LogP contribution is 2.19. The monoisotopic (exact) mass is 221 g/mol. The summed E-state index contributed by atoms with van der Waals surface area (Å²) in [5.41, 5.74) is 1.03. The van der Waals surface area contributed by atoms with E-state index in [0.717, 1.165) is 0 Å². The summed E-state index contributed by atoms with van der Waals surface area (Å²) < 4.78 is 0. The van der Waals surface area contributed by atoms with Crippen molar-refractivity contribution in [2.45, 2.75) is 6.92 Å². The maximum absolute atomic E-state index is 11.8. The molecule has 1 rings (SSSR count). The van der Waals surface area contributed by atoms with E-state index in [1.807, 2.05) is 0 Å². The van der Waals surface area contributed by atoms with Gasteiger partial charge in [-0.1, -0.05) is 6.58 Å². The van der Waals surface area contributed by atoms with E-state index in [9.17, 15) is 4.79 Å². The fraction of sp³-hybridized carbons (Fsp3) is 0.250. The van der Waals surface area contributed by atoms with Gasteiger partial charge >= 0.3 is 0 Å². The molecule has 1 amide bonds. The third kappa shape index (κ3) is 2.84.